The second-order valence-corrected chi connectivity index (χ2v) is 8.72. The second kappa shape index (κ2) is 5.33. The van der Waals surface area contributed by atoms with Crippen LogP contribution in [0, 0.1) is 0 Å². The van der Waals surface area contributed by atoms with Gasteiger partial charge in [-0.1, -0.05) is 43.6 Å². The highest BCUT2D eigenvalue weighted by Gasteiger charge is 2.05. The van der Waals surface area contributed by atoms with Crippen LogP contribution in [-0.4, -0.2) is 19.8 Å². The normalized spacial score (nSPS) is 13.5. The van der Waals surface area contributed by atoms with Crippen LogP contribution in [-0.2, 0) is 0 Å². The molecule has 2 heteroatoms. The number of hydrogen-bond acceptors (Lipinski definition) is 1. The average molecular weight is 170 g/mol. The summed E-state index contributed by atoms with van der Waals surface area (Å²) in [6.07, 6.45) is 6.88. The van der Waals surface area contributed by atoms with Crippen molar-refractivity contribution in [1.82, 2.24) is 0 Å². The van der Waals surface area contributed by atoms with E-state index in [4.69, 9.17) is 5.11 Å². The van der Waals surface area contributed by atoms with E-state index in [0.29, 0.717) is 0 Å². The van der Waals surface area contributed by atoms with Gasteiger partial charge in [0.15, 0.2) is 0 Å². The molecule has 11 heavy (non-hydrogen) atoms. The first-order valence-electron chi connectivity index (χ1n) is 4.00. The van der Waals surface area contributed by atoms with Crippen LogP contribution in [0.2, 0.25) is 19.6 Å². The van der Waals surface area contributed by atoms with Crippen LogP contribution < -0.4 is 0 Å². The third-order valence-corrected chi connectivity index (χ3v) is 2.40. The van der Waals surface area contributed by atoms with Crippen molar-refractivity contribution in [3.63, 3.8) is 0 Å². The minimum absolute atomic E-state index is 0.154. The second-order valence-electron chi connectivity index (χ2n) is 3.66. The van der Waals surface area contributed by atoms with Crippen molar-refractivity contribution in [2.45, 2.75) is 26.1 Å². The van der Waals surface area contributed by atoms with Gasteiger partial charge in [0.25, 0.3) is 0 Å². The largest absolute Gasteiger partial charge is 0.392 e. The number of rotatable bonds is 4. The molecule has 0 fully saturated rings. The summed E-state index contributed by atoms with van der Waals surface area (Å²) < 4.78 is 0. The summed E-state index contributed by atoms with van der Waals surface area (Å²) in [6.45, 7) is 7.07. The highest BCUT2D eigenvalue weighted by Crippen LogP contribution is 2.02. The lowest BCUT2D eigenvalue weighted by atomic mass is 10.4. The van der Waals surface area contributed by atoms with E-state index in [0.717, 1.165) is 6.42 Å². The maximum atomic E-state index is 8.42. The Balaban J connectivity index is 3.53. The Morgan fingerprint density at radius 1 is 1.09 bits per heavy atom. The van der Waals surface area contributed by atoms with Crippen molar-refractivity contribution >= 4 is 8.07 Å². The van der Waals surface area contributed by atoms with Gasteiger partial charge in [-0.3, -0.25) is 0 Å². The van der Waals surface area contributed by atoms with Gasteiger partial charge in [0.1, 0.15) is 0 Å². The molecule has 0 rings (SSSR count). The molecule has 0 aliphatic heterocycles. The zero-order valence-electron chi connectivity index (χ0n) is 7.67. The molecule has 0 radical (unpaired) electrons. The van der Waals surface area contributed by atoms with E-state index >= 15 is 0 Å². The lowest BCUT2D eigenvalue weighted by Gasteiger charge is -2.06. The van der Waals surface area contributed by atoms with Gasteiger partial charge < -0.3 is 5.11 Å². The molecule has 0 aromatic heterocycles. The molecule has 0 bridgehead atoms. The van der Waals surface area contributed by atoms with Gasteiger partial charge >= 0.3 is 0 Å². The Morgan fingerprint density at radius 3 is 2.18 bits per heavy atom. The minimum Gasteiger partial charge on any atom is -0.392 e. The van der Waals surface area contributed by atoms with Crippen LogP contribution in [0.4, 0.5) is 0 Å². The maximum Gasteiger partial charge on any atom is 0.0683 e. The summed E-state index contributed by atoms with van der Waals surface area (Å²) in [4.78, 5) is 0. The van der Waals surface area contributed by atoms with Gasteiger partial charge in [0.2, 0.25) is 0 Å². The van der Waals surface area contributed by atoms with Gasteiger partial charge in [-0.2, -0.15) is 0 Å². The average Bonchev–Trinajstić information content (AvgIpc) is 1.85. The predicted molar refractivity (Wildman–Crippen MR) is 53.3 cm³/mol. The lowest BCUT2D eigenvalue weighted by molar-refractivity contribution is 0.342. The maximum absolute atomic E-state index is 8.42. The Hall–Kier alpha value is -0.343. The Morgan fingerprint density at radius 2 is 1.73 bits per heavy atom. The number of aliphatic hydroxyl groups excluding tert-OH is 1. The molecule has 0 unspecified atom stereocenters. The number of allylic oxidation sites excluding steroid dienone is 2. The molecule has 1 N–H and O–H groups in total. The molecule has 0 atom stereocenters. The molecular formula is C9H18OSi. The van der Waals surface area contributed by atoms with Crippen LogP contribution in [0.5, 0.6) is 0 Å². The Kier molecular flexibility index (Phi) is 5.16. The van der Waals surface area contributed by atoms with E-state index in [1.54, 1.807) is 6.08 Å². The van der Waals surface area contributed by atoms with Crippen LogP contribution in [0.3, 0.4) is 0 Å². The van der Waals surface area contributed by atoms with Gasteiger partial charge in [-0.25, -0.2) is 0 Å². The molecule has 0 aliphatic carbocycles. The van der Waals surface area contributed by atoms with Gasteiger partial charge in [0.05, 0.1) is 14.7 Å². The fraction of sp³-hybridized carbons (Fsp3) is 0.556. The van der Waals surface area contributed by atoms with E-state index in [-0.39, 0.29) is 6.61 Å². The molecule has 0 aromatic rings. The molecule has 0 saturated heterocycles. The van der Waals surface area contributed by atoms with E-state index in [9.17, 15) is 0 Å². The Labute approximate surface area is 70.5 Å². The van der Waals surface area contributed by atoms with E-state index in [1.165, 1.54) is 0 Å². The van der Waals surface area contributed by atoms with Crippen molar-refractivity contribution in [3.8, 4) is 0 Å². The number of aliphatic hydroxyl groups is 1. The fourth-order valence-electron chi connectivity index (χ4n) is 0.671. The first-order chi connectivity index (χ1) is 5.06. The molecule has 0 amide bonds. The number of hydrogen-bond donors (Lipinski definition) is 1. The van der Waals surface area contributed by atoms with E-state index < -0.39 is 8.07 Å². The first kappa shape index (κ1) is 10.7. The third-order valence-electron chi connectivity index (χ3n) is 1.16. The third kappa shape index (κ3) is 9.66. The highest BCUT2D eigenvalue weighted by molar-refractivity contribution is 6.80. The zero-order chi connectivity index (χ0) is 8.74. The van der Waals surface area contributed by atoms with E-state index in [2.05, 4.69) is 31.4 Å². The molecule has 64 valence electrons. The molecular weight excluding hydrogens is 152 g/mol. The Bertz CT molecular complexity index is 142. The molecule has 0 aliphatic rings. The fourth-order valence-corrected chi connectivity index (χ4v) is 1.51. The summed E-state index contributed by atoms with van der Waals surface area (Å²) in [5.74, 6) is 0. The standard InChI is InChI=1S/C9H18OSi/c1-11(2,3)9-7-5-4-6-8-10/h4,6-7,9-10H,5,8H2,1-3H3/b6-4-,9-7-. The molecule has 0 spiro atoms. The quantitative estimate of drug-likeness (QED) is 0.507. The summed E-state index contributed by atoms with van der Waals surface area (Å²) in [7, 11) is -0.994. The molecule has 0 heterocycles. The van der Waals surface area contributed by atoms with Gasteiger partial charge in [-0.05, 0) is 6.42 Å². The van der Waals surface area contributed by atoms with Crippen molar-refractivity contribution in [1.29, 1.82) is 0 Å². The predicted octanol–water partition coefficient (Wildman–Crippen LogP) is 2.36. The lowest BCUT2D eigenvalue weighted by Crippen LogP contribution is -2.15. The zero-order valence-corrected chi connectivity index (χ0v) is 8.67. The van der Waals surface area contributed by atoms with E-state index in [1.807, 2.05) is 6.08 Å². The topological polar surface area (TPSA) is 20.2 Å². The summed E-state index contributed by atoms with van der Waals surface area (Å²) in [5, 5.41) is 8.42. The van der Waals surface area contributed by atoms with Crippen molar-refractivity contribution < 1.29 is 5.11 Å². The SMILES string of the molecule is C[Si](C)(C)/C=C\C/C=C\CO. The minimum atomic E-state index is -0.994. The van der Waals surface area contributed by atoms with Crippen LogP contribution in [0.1, 0.15) is 6.42 Å². The van der Waals surface area contributed by atoms with Gasteiger partial charge in [0, 0.05) is 0 Å². The van der Waals surface area contributed by atoms with Crippen molar-refractivity contribution in [2.24, 2.45) is 0 Å². The van der Waals surface area contributed by atoms with Crippen LogP contribution >= 0.6 is 0 Å². The van der Waals surface area contributed by atoms with Crippen molar-refractivity contribution in [2.75, 3.05) is 6.61 Å². The first-order valence-corrected chi connectivity index (χ1v) is 7.57. The van der Waals surface area contributed by atoms with Crippen LogP contribution in [0.15, 0.2) is 23.9 Å². The monoisotopic (exact) mass is 170 g/mol. The van der Waals surface area contributed by atoms with Gasteiger partial charge in [-0.15, -0.1) is 0 Å². The molecule has 0 saturated carbocycles. The summed E-state index contributed by atoms with van der Waals surface area (Å²) >= 11 is 0. The van der Waals surface area contributed by atoms with Crippen molar-refractivity contribution in [3.05, 3.63) is 23.9 Å². The summed E-state index contributed by atoms with van der Waals surface area (Å²) in [6, 6.07) is 0. The summed E-state index contributed by atoms with van der Waals surface area (Å²) in [5.41, 5.74) is 2.31. The molecule has 1 nitrogen and oxygen atoms in total. The molecule has 0 aromatic carbocycles. The highest BCUT2D eigenvalue weighted by atomic mass is 28.3. The van der Waals surface area contributed by atoms with Crippen LogP contribution in [0.25, 0.3) is 0 Å². The smallest absolute Gasteiger partial charge is 0.0683 e.